The minimum absolute atomic E-state index is 0.151. The summed E-state index contributed by atoms with van der Waals surface area (Å²) in [4.78, 5) is 4.41. The van der Waals surface area contributed by atoms with Crippen LogP contribution in [0.5, 0.6) is 0 Å². The average molecular weight is 383 g/mol. The van der Waals surface area contributed by atoms with Crippen molar-refractivity contribution in [2.24, 2.45) is 0 Å². The number of benzene rings is 2. The maximum Gasteiger partial charge on any atom is 0.0613 e. The Labute approximate surface area is 162 Å². The molecule has 27 heavy (non-hydrogen) atoms. The standard InChI is InChI=1S/C21H25N3O2S/c22-20-3-1-2-16(13-20)17-4-5-19-14-24(11-6-18(19)12-17)21-7-9-23(10-8-21)15-27(25)26/h1-6,11-13,21H,7-10,14-15,22H2,(H,25,26)/p-1. The van der Waals surface area contributed by atoms with Gasteiger partial charge in [0.15, 0.2) is 0 Å². The highest BCUT2D eigenvalue weighted by Crippen LogP contribution is 2.30. The molecular formula is C21H24N3O2S-. The fraction of sp³-hybridized carbons (Fsp3) is 0.333. The lowest BCUT2D eigenvalue weighted by Crippen LogP contribution is -2.44. The van der Waals surface area contributed by atoms with Crippen LogP contribution in [0.1, 0.15) is 24.0 Å². The third-order valence-electron chi connectivity index (χ3n) is 5.48. The summed E-state index contributed by atoms with van der Waals surface area (Å²) in [7, 11) is 0. The molecule has 2 aliphatic rings. The minimum Gasteiger partial charge on any atom is -0.771 e. The van der Waals surface area contributed by atoms with Crippen LogP contribution < -0.4 is 5.73 Å². The SMILES string of the molecule is Nc1cccc(-c2ccc3c(c2)C=CN(C2CCN(CS(=O)[O-])CC2)C3)c1. The van der Waals surface area contributed by atoms with E-state index in [2.05, 4.69) is 41.4 Å². The molecule has 1 unspecified atom stereocenters. The van der Waals surface area contributed by atoms with Crippen LogP contribution in [0.2, 0.25) is 0 Å². The van der Waals surface area contributed by atoms with Crippen molar-refractivity contribution in [1.82, 2.24) is 9.80 Å². The first kappa shape index (κ1) is 18.2. The van der Waals surface area contributed by atoms with Crippen LogP contribution in [0.4, 0.5) is 5.69 Å². The zero-order valence-electron chi connectivity index (χ0n) is 15.2. The second-order valence-corrected chi connectivity index (χ2v) is 8.17. The summed E-state index contributed by atoms with van der Waals surface area (Å²) in [6.45, 7) is 2.58. The van der Waals surface area contributed by atoms with Crippen LogP contribution in [0.25, 0.3) is 17.2 Å². The van der Waals surface area contributed by atoms with Crippen molar-refractivity contribution in [1.29, 1.82) is 0 Å². The van der Waals surface area contributed by atoms with Crippen molar-refractivity contribution in [3.05, 3.63) is 59.8 Å². The number of anilines is 1. The maximum absolute atomic E-state index is 10.9. The molecule has 2 heterocycles. The number of rotatable bonds is 4. The Bertz CT molecular complexity index is 875. The quantitative estimate of drug-likeness (QED) is 0.650. The van der Waals surface area contributed by atoms with Gasteiger partial charge in [0.05, 0.1) is 5.88 Å². The number of nitrogens with zero attached hydrogens (tertiary/aromatic N) is 2. The number of fused-ring (bicyclic) bond motifs is 1. The predicted molar refractivity (Wildman–Crippen MR) is 109 cm³/mol. The van der Waals surface area contributed by atoms with Crippen molar-refractivity contribution in [3.8, 4) is 11.1 Å². The molecule has 0 saturated carbocycles. The fourth-order valence-electron chi connectivity index (χ4n) is 4.00. The van der Waals surface area contributed by atoms with Crippen molar-refractivity contribution in [3.63, 3.8) is 0 Å². The molecule has 0 amide bonds. The van der Waals surface area contributed by atoms with Crippen molar-refractivity contribution < 1.29 is 8.76 Å². The Morgan fingerprint density at radius 3 is 2.63 bits per heavy atom. The number of nitrogens with two attached hydrogens (primary N) is 1. The lowest BCUT2D eigenvalue weighted by molar-refractivity contribution is 0.149. The first-order valence-electron chi connectivity index (χ1n) is 9.29. The first-order chi connectivity index (χ1) is 13.1. The summed E-state index contributed by atoms with van der Waals surface area (Å²) >= 11 is -1.99. The molecule has 2 aromatic carbocycles. The molecule has 1 atom stereocenters. The van der Waals surface area contributed by atoms with Crippen LogP contribution in [0.15, 0.2) is 48.7 Å². The van der Waals surface area contributed by atoms with Gasteiger partial charge in [-0.15, -0.1) is 0 Å². The van der Waals surface area contributed by atoms with Gasteiger partial charge in [-0.1, -0.05) is 24.3 Å². The van der Waals surface area contributed by atoms with Gasteiger partial charge in [-0.3, -0.25) is 9.11 Å². The maximum atomic E-state index is 10.9. The highest BCUT2D eigenvalue weighted by molar-refractivity contribution is 7.79. The molecule has 0 radical (unpaired) electrons. The van der Waals surface area contributed by atoms with Crippen molar-refractivity contribution in [2.75, 3.05) is 24.7 Å². The Kier molecular flexibility index (Phi) is 5.29. The average Bonchev–Trinajstić information content (AvgIpc) is 2.67. The van der Waals surface area contributed by atoms with E-state index in [0.29, 0.717) is 6.04 Å². The van der Waals surface area contributed by atoms with Crippen LogP contribution in [-0.4, -0.2) is 43.6 Å². The van der Waals surface area contributed by atoms with Gasteiger partial charge in [0.25, 0.3) is 0 Å². The van der Waals surface area contributed by atoms with Crippen LogP contribution in [-0.2, 0) is 17.6 Å². The van der Waals surface area contributed by atoms with Gasteiger partial charge >= 0.3 is 0 Å². The summed E-state index contributed by atoms with van der Waals surface area (Å²) in [5.41, 5.74) is 11.6. The number of likely N-dealkylation sites (tertiary alicyclic amines) is 1. The second kappa shape index (κ2) is 7.84. The largest absolute Gasteiger partial charge is 0.771 e. The Balaban J connectivity index is 1.44. The predicted octanol–water partition coefficient (Wildman–Crippen LogP) is 3.02. The molecule has 1 fully saturated rings. The van der Waals surface area contributed by atoms with E-state index in [-0.39, 0.29) is 5.88 Å². The summed E-state index contributed by atoms with van der Waals surface area (Å²) in [5, 5.41) is 0. The molecule has 0 spiro atoms. The monoisotopic (exact) mass is 382 g/mol. The summed E-state index contributed by atoms with van der Waals surface area (Å²) in [6, 6.07) is 15.0. The third-order valence-corrected chi connectivity index (χ3v) is 6.05. The molecular weight excluding hydrogens is 358 g/mol. The molecule has 2 aliphatic heterocycles. The Hall–Kier alpha value is -2.15. The number of nitrogen functional groups attached to an aromatic ring is 1. The zero-order chi connectivity index (χ0) is 18.8. The van der Waals surface area contributed by atoms with Gasteiger partial charge in [0, 0.05) is 37.6 Å². The molecule has 4 rings (SSSR count). The minimum atomic E-state index is -1.99. The van der Waals surface area contributed by atoms with Crippen molar-refractivity contribution in [2.45, 2.75) is 25.4 Å². The van der Waals surface area contributed by atoms with E-state index in [0.717, 1.165) is 43.7 Å². The third kappa shape index (κ3) is 4.24. The van der Waals surface area contributed by atoms with Crippen LogP contribution >= 0.6 is 0 Å². The van der Waals surface area contributed by atoms with E-state index in [4.69, 9.17) is 5.73 Å². The van der Waals surface area contributed by atoms with E-state index in [1.54, 1.807) is 0 Å². The van der Waals surface area contributed by atoms with Gasteiger partial charge in [-0.05, 0) is 70.5 Å². The van der Waals surface area contributed by atoms with Gasteiger partial charge in [0.2, 0.25) is 0 Å². The normalized spacial score (nSPS) is 19.1. The van der Waals surface area contributed by atoms with Gasteiger partial charge in [-0.25, -0.2) is 0 Å². The first-order valence-corrected chi connectivity index (χ1v) is 10.5. The molecule has 0 aliphatic carbocycles. The molecule has 0 bridgehead atoms. The number of hydrogen-bond donors (Lipinski definition) is 1. The second-order valence-electron chi connectivity index (χ2n) is 7.31. The molecule has 142 valence electrons. The van der Waals surface area contributed by atoms with Crippen LogP contribution in [0, 0.1) is 0 Å². The summed E-state index contributed by atoms with van der Waals surface area (Å²) in [6.07, 6.45) is 6.38. The highest BCUT2D eigenvalue weighted by Gasteiger charge is 2.24. The molecule has 0 aromatic heterocycles. The van der Waals surface area contributed by atoms with E-state index in [9.17, 15) is 8.76 Å². The van der Waals surface area contributed by atoms with Gasteiger partial charge < -0.3 is 15.2 Å². The van der Waals surface area contributed by atoms with E-state index < -0.39 is 11.1 Å². The lowest BCUT2D eigenvalue weighted by Gasteiger charge is -2.39. The van der Waals surface area contributed by atoms with E-state index in [1.807, 2.05) is 23.1 Å². The molecule has 2 aromatic rings. The lowest BCUT2D eigenvalue weighted by atomic mass is 9.95. The van der Waals surface area contributed by atoms with Gasteiger partial charge in [0.1, 0.15) is 0 Å². The van der Waals surface area contributed by atoms with Crippen LogP contribution in [0.3, 0.4) is 0 Å². The Morgan fingerprint density at radius 2 is 1.89 bits per heavy atom. The molecule has 2 N–H and O–H groups in total. The highest BCUT2D eigenvalue weighted by atomic mass is 32.2. The van der Waals surface area contributed by atoms with Crippen molar-refractivity contribution >= 4 is 22.8 Å². The topological polar surface area (TPSA) is 72.6 Å². The molecule has 5 nitrogen and oxygen atoms in total. The van der Waals surface area contributed by atoms with E-state index in [1.165, 1.54) is 16.7 Å². The number of hydrogen-bond acceptors (Lipinski definition) is 5. The summed E-state index contributed by atoms with van der Waals surface area (Å²) in [5.74, 6) is 0.151. The zero-order valence-corrected chi connectivity index (χ0v) is 16.0. The molecule has 6 heteroatoms. The van der Waals surface area contributed by atoms with E-state index >= 15 is 0 Å². The molecule has 1 saturated heterocycles. The van der Waals surface area contributed by atoms with Gasteiger partial charge in [-0.2, -0.15) is 0 Å². The Morgan fingerprint density at radius 1 is 1.11 bits per heavy atom. The number of piperidine rings is 1. The summed E-state index contributed by atoms with van der Waals surface area (Å²) < 4.78 is 21.7. The smallest absolute Gasteiger partial charge is 0.0613 e. The fourth-order valence-corrected chi connectivity index (χ4v) is 4.55.